The highest BCUT2D eigenvalue weighted by Crippen LogP contribution is 2.30. The van der Waals surface area contributed by atoms with Crippen LogP contribution < -0.4 is 15.8 Å². The molecular weight excluding hydrogens is 411 g/mol. The van der Waals surface area contributed by atoms with Crippen LogP contribution in [0.15, 0.2) is 36.4 Å². The number of nitrogens with one attached hydrogen (secondary N) is 1. The van der Waals surface area contributed by atoms with Gasteiger partial charge < -0.3 is 19.9 Å². The molecule has 0 spiro atoms. The van der Waals surface area contributed by atoms with Gasteiger partial charge in [0.05, 0.1) is 29.1 Å². The molecule has 32 heavy (non-hydrogen) atoms. The maximum atomic E-state index is 13.1. The molecule has 2 aromatic carbocycles. The lowest BCUT2D eigenvalue weighted by atomic mass is 10.1. The first-order chi connectivity index (χ1) is 14.8. The average Bonchev–Trinajstić information content (AvgIpc) is 2.65. The van der Waals surface area contributed by atoms with Gasteiger partial charge in [-0.1, -0.05) is 11.8 Å². The lowest BCUT2D eigenvalue weighted by Crippen LogP contribution is -2.27. The lowest BCUT2D eigenvalue weighted by molar-refractivity contribution is -0.0163. The zero-order valence-corrected chi connectivity index (χ0v) is 19.5. The van der Waals surface area contributed by atoms with Crippen LogP contribution >= 0.6 is 0 Å². The van der Waals surface area contributed by atoms with E-state index in [2.05, 4.69) is 17.2 Å². The first kappa shape index (κ1) is 25.0. The third-order valence-electron chi connectivity index (χ3n) is 3.85. The van der Waals surface area contributed by atoms with E-state index in [1.807, 2.05) is 20.8 Å². The number of amides is 1. The first-order valence-corrected chi connectivity index (χ1v) is 10.3. The van der Waals surface area contributed by atoms with Crippen molar-refractivity contribution in [2.24, 2.45) is 0 Å². The molecular formula is C25H31FN2O4. The van der Waals surface area contributed by atoms with E-state index in [-0.39, 0.29) is 18.0 Å². The fourth-order valence-electron chi connectivity index (χ4n) is 2.51. The summed E-state index contributed by atoms with van der Waals surface area (Å²) in [7, 11) is 0. The molecule has 0 fully saturated rings. The molecule has 0 saturated heterocycles. The van der Waals surface area contributed by atoms with Crippen LogP contribution in [-0.4, -0.2) is 30.5 Å². The predicted octanol–water partition coefficient (Wildman–Crippen LogP) is 5.35. The molecule has 6 nitrogen and oxygen atoms in total. The summed E-state index contributed by atoms with van der Waals surface area (Å²) in [5.41, 5.74) is 7.01. The highest BCUT2D eigenvalue weighted by molar-refractivity contribution is 5.90. The fourth-order valence-corrected chi connectivity index (χ4v) is 2.51. The summed E-state index contributed by atoms with van der Waals surface area (Å²) in [4.78, 5) is 12.2. The number of hydrogen-bond donors (Lipinski definition) is 2. The minimum Gasteiger partial charge on any atom is -0.490 e. The number of halogens is 1. The summed E-state index contributed by atoms with van der Waals surface area (Å²) in [6, 6.07) is 9.07. The molecule has 0 radical (unpaired) electrons. The third-order valence-corrected chi connectivity index (χ3v) is 3.85. The standard InChI is InChI=1S/C25H31FN2O4/c1-24(2,3)31-14-13-30-22-16-21(28-23(29)32-25(4,5)6)20(27)15-18(22)10-7-17-8-11-19(26)12-9-17/h8-9,11-12,15-16H,13-14,27H2,1-6H3,(H,28,29). The summed E-state index contributed by atoms with van der Waals surface area (Å²) in [5.74, 6) is 6.06. The van der Waals surface area contributed by atoms with Crippen LogP contribution in [0, 0.1) is 17.7 Å². The number of benzene rings is 2. The van der Waals surface area contributed by atoms with Crippen LogP contribution in [0.3, 0.4) is 0 Å². The highest BCUT2D eigenvalue weighted by atomic mass is 19.1. The number of anilines is 2. The van der Waals surface area contributed by atoms with E-state index in [4.69, 9.17) is 19.9 Å². The molecule has 172 valence electrons. The van der Waals surface area contributed by atoms with Gasteiger partial charge in [0.25, 0.3) is 0 Å². The number of nitrogens with two attached hydrogens (primary N) is 1. The maximum absolute atomic E-state index is 13.1. The molecule has 0 aliphatic rings. The number of carbonyl (C=O) groups is 1. The topological polar surface area (TPSA) is 82.8 Å². The minimum atomic E-state index is -0.650. The van der Waals surface area contributed by atoms with Gasteiger partial charge in [0, 0.05) is 11.6 Å². The average molecular weight is 443 g/mol. The van der Waals surface area contributed by atoms with E-state index in [1.165, 1.54) is 12.1 Å². The molecule has 2 aromatic rings. The normalized spacial score (nSPS) is 11.3. The summed E-state index contributed by atoms with van der Waals surface area (Å²) >= 11 is 0. The molecule has 0 aliphatic carbocycles. The van der Waals surface area contributed by atoms with E-state index >= 15 is 0 Å². The number of rotatable bonds is 5. The second-order valence-corrected chi connectivity index (χ2v) is 9.13. The Bertz CT molecular complexity index is 994. The van der Waals surface area contributed by atoms with E-state index in [0.29, 0.717) is 34.9 Å². The largest absolute Gasteiger partial charge is 0.490 e. The Morgan fingerprint density at radius 3 is 2.25 bits per heavy atom. The van der Waals surface area contributed by atoms with Gasteiger partial charge in [-0.2, -0.15) is 0 Å². The Kier molecular flexibility index (Phi) is 8.12. The summed E-state index contributed by atoms with van der Waals surface area (Å²) < 4.78 is 30.0. The van der Waals surface area contributed by atoms with Gasteiger partial charge in [0.2, 0.25) is 0 Å². The number of nitrogen functional groups attached to an aromatic ring is 1. The number of ether oxygens (including phenoxy) is 3. The van der Waals surface area contributed by atoms with Crippen molar-refractivity contribution in [3.8, 4) is 17.6 Å². The Labute approximate surface area is 189 Å². The van der Waals surface area contributed by atoms with Crippen molar-refractivity contribution in [1.82, 2.24) is 0 Å². The monoisotopic (exact) mass is 442 g/mol. The van der Waals surface area contributed by atoms with Gasteiger partial charge in [0.1, 0.15) is 23.8 Å². The Morgan fingerprint density at radius 2 is 1.66 bits per heavy atom. The zero-order chi connectivity index (χ0) is 23.9. The van der Waals surface area contributed by atoms with Crippen LogP contribution in [0.2, 0.25) is 0 Å². The smallest absolute Gasteiger partial charge is 0.412 e. The first-order valence-electron chi connectivity index (χ1n) is 10.3. The summed E-state index contributed by atoms with van der Waals surface area (Å²) in [5, 5.41) is 2.64. The van der Waals surface area contributed by atoms with E-state index in [9.17, 15) is 9.18 Å². The van der Waals surface area contributed by atoms with Crippen molar-refractivity contribution >= 4 is 17.5 Å². The quantitative estimate of drug-likeness (QED) is 0.371. The van der Waals surface area contributed by atoms with E-state index in [0.717, 1.165) is 0 Å². The van der Waals surface area contributed by atoms with Crippen molar-refractivity contribution in [3.05, 3.63) is 53.3 Å². The van der Waals surface area contributed by atoms with Gasteiger partial charge in [0.15, 0.2) is 0 Å². The molecule has 3 N–H and O–H groups in total. The second-order valence-electron chi connectivity index (χ2n) is 9.13. The lowest BCUT2D eigenvalue weighted by Gasteiger charge is -2.21. The fraction of sp³-hybridized carbons (Fsp3) is 0.400. The molecule has 7 heteroatoms. The SMILES string of the molecule is CC(C)(C)OCCOc1cc(NC(=O)OC(C)(C)C)c(N)cc1C#Cc1ccc(F)cc1. The van der Waals surface area contributed by atoms with Crippen LogP contribution in [0.1, 0.15) is 52.7 Å². The van der Waals surface area contributed by atoms with Gasteiger partial charge in [-0.25, -0.2) is 9.18 Å². The summed E-state index contributed by atoms with van der Waals surface area (Å²) in [6.07, 6.45) is -0.628. The van der Waals surface area contributed by atoms with Gasteiger partial charge in [-0.15, -0.1) is 0 Å². The zero-order valence-electron chi connectivity index (χ0n) is 19.5. The molecule has 0 atom stereocenters. The van der Waals surface area contributed by atoms with Crippen molar-refractivity contribution in [3.63, 3.8) is 0 Å². The minimum absolute atomic E-state index is 0.276. The van der Waals surface area contributed by atoms with Gasteiger partial charge >= 0.3 is 6.09 Å². The molecule has 0 bridgehead atoms. The van der Waals surface area contributed by atoms with Crippen LogP contribution in [0.4, 0.5) is 20.6 Å². The van der Waals surface area contributed by atoms with Crippen molar-refractivity contribution in [1.29, 1.82) is 0 Å². The molecule has 1 amide bonds. The maximum Gasteiger partial charge on any atom is 0.412 e. The summed E-state index contributed by atoms with van der Waals surface area (Å²) in [6.45, 7) is 11.8. The second kappa shape index (κ2) is 10.4. The third kappa shape index (κ3) is 8.86. The number of carbonyl (C=O) groups excluding carboxylic acids is 1. The molecule has 0 unspecified atom stereocenters. The molecule has 2 rings (SSSR count). The van der Waals surface area contributed by atoms with Crippen LogP contribution in [0.25, 0.3) is 0 Å². The molecule has 0 heterocycles. The van der Waals surface area contributed by atoms with E-state index in [1.54, 1.807) is 45.0 Å². The number of hydrogen-bond acceptors (Lipinski definition) is 5. The van der Waals surface area contributed by atoms with Crippen molar-refractivity contribution in [2.75, 3.05) is 24.3 Å². The Balaban J connectivity index is 2.29. The van der Waals surface area contributed by atoms with Crippen LogP contribution in [-0.2, 0) is 9.47 Å². The van der Waals surface area contributed by atoms with Crippen molar-refractivity contribution < 1.29 is 23.4 Å². The highest BCUT2D eigenvalue weighted by Gasteiger charge is 2.18. The predicted molar refractivity (Wildman–Crippen MR) is 124 cm³/mol. The van der Waals surface area contributed by atoms with Crippen LogP contribution in [0.5, 0.6) is 5.75 Å². The van der Waals surface area contributed by atoms with Crippen molar-refractivity contribution in [2.45, 2.75) is 52.7 Å². The van der Waals surface area contributed by atoms with Gasteiger partial charge in [-0.3, -0.25) is 5.32 Å². The Hall–Kier alpha value is -3.24. The Morgan fingerprint density at radius 1 is 1.00 bits per heavy atom. The molecule has 0 saturated carbocycles. The van der Waals surface area contributed by atoms with Gasteiger partial charge in [-0.05, 0) is 71.9 Å². The molecule has 0 aliphatic heterocycles. The molecule has 0 aromatic heterocycles. The van der Waals surface area contributed by atoms with E-state index < -0.39 is 11.7 Å².